The summed E-state index contributed by atoms with van der Waals surface area (Å²) < 4.78 is 39.3. The van der Waals surface area contributed by atoms with Crippen LogP contribution in [-0.4, -0.2) is 23.4 Å². The summed E-state index contributed by atoms with van der Waals surface area (Å²) >= 11 is 0. The first-order valence-corrected chi connectivity index (χ1v) is 7.11. The Hall–Kier alpha value is -2.49. The second kappa shape index (κ2) is 4.75. The number of benzene rings is 1. The number of nitrogens with zero attached hydrogens (tertiary/aromatic N) is 3. The molecule has 1 spiro atoms. The predicted octanol–water partition coefficient (Wildman–Crippen LogP) is 3.25. The summed E-state index contributed by atoms with van der Waals surface area (Å²) in [5, 5.41) is 8.86. The summed E-state index contributed by atoms with van der Waals surface area (Å²) in [6, 6.07) is 4.81. The summed E-state index contributed by atoms with van der Waals surface area (Å²) in [7, 11) is 1.73. The van der Waals surface area contributed by atoms with Crippen molar-refractivity contribution < 1.29 is 18.0 Å². The Bertz CT molecular complexity index is 744. The van der Waals surface area contributed by atoms with Gasteiger partial charge in [0.15, 0.2) is 0 Å². The third-order valence-electron chi connectivity index (χ3n) is 4.76. The van der Waals surface area contributed by atoms with E-state index in [1.54, 1.807) is 11.9 Å². The predicted molar refractivity (Wildman–Crippen MR) is 77.1 cm³/mol. The van der Waals surface area contributed by atoms with Crippen LogP contribution in [0.5, 0.6) is 0 Å². The maximum absolute atomic E-state index is 13.1. The zero-order chi connectivity index (χ0) is 17.0. The van der Waals surface area contributed by atoms with Crippen LogP contribution in [0, 0.1) is 11.3 Å². The summed E-state index contributed by atoms with van der Waals surface area (Å²) in [6.45, 7) is 3.84. The van der Waals surface area contributed by atoms with Crippen LogP contribution in [0.1, 0.15) is 30.4 Å². The number of hydrogen-bond donors (Lipinski definition) is 0. The quantitative estimate of drug-likeness (QED) is 0.798. The minimum Gasteiger partial charge on any atom is -0.346 e. The molecular weight excluding hydrogens is 307 g/mol. The highest BCUT2D eigenvalue weighted by Crippen LogP contribution is 2.47. The number of carbonyl (C=O) groups excluding carboxylic acids is 1. The van der Waals surface area contributed by atoms with E-state index in [1.807, 2.05) is 0 Å². The van der Waals surface area contributed by atoms with Crippen LogP contribution in [0.25, 0.3) is 0 Å². The van der Waals surface area contributed by atoms with Crippen molar-refractivity contribution >= 4 is 11.6 Å². The molecule has 0 unspecified atom stereocenters. The Balaban J connectivity index is 2.08. The monoisotopic (exact) mass is 321 g/mol. The van der Waals surface area contributed by atoms with Crippen molar-refractivity contribution in [2.24, 2.45) is 0 Å². The van der Waals surface area contributed by atoms with E-state index in [0.717, 1.165) is 18.6 Å². The lowest BCUT2D eigenvalue weighted by Gasteiger charge is -2.41. The largest absolute Gasteiger partial charge is 0.417 e. The molecule has 23 heavy (non-hydrogen) atoms. The van der Waals surface area contributed by atoms with Gasteiger partial charge < -0.3 is 4.90 Å². The topological polar surface area (TPSA) is 47.3 Å². The molecule has 1 aromatic rings. The molecule has 0 atom stereocenters. The van der Waals surface area contributed by atoms with Gasteiger partial charge in [-0.25, -0.2) is 0 Å². The maximum Gasteiger partial charge on any atom is 0.417 e. The van der Waals surface area contributed by atoms with Crippen molar-refractivity contribution in [3.05, 3.63) is 41.7 Å². The highest BCUT2D eigenvalue weighted by atomic mass is 19.4. The highest BCUT2D eigenvalue weighted by molar-refractivity contribution is 6.06. The van der Waals surface area contributed by atoms with Gasteiger partial charge in [0.1, 0.15) is 11.4 Å². The lowest BCUT2D eigenvalue weighted by Crippen LogP contribution is -2.52. The molecule has 1 saturated carbocycles. The molecular formula is C16H14F3N3O. The van der Waals surface area contributed by atoms with E-state index in [2.05, 4.69) is 6.58 Å². The first-order chi connectivity index (χ1) is 10.7. The fourth-order valence-electron chi connectivity index (χ4n) is 3.20. The van der Waals surface area contributed by atoms with Crippen LogP contribution >= 0.6 is 0 Å². The van der Waals surface area contributed by atoms with Crippen molar-refractivity contribution in [2.45, 2.75) is 31.0 Å². The van der Waals surface area contributed by atoms with Gasteiger partial charge in [-0.05, 0) is 37.5 Å². The number of halogens is 3. The van der Waals surface area contributed by atoms with Gasteiger partial charge in [-0.2, -0.15) is 18.4 Å². The van der Waals surface area contributed by atoms with Gasteiger partial charge in [-0.15, -0.1) is 0 Å². The fourth-order valence-corrected chi connectivity index (χ4v) is 3.20. The number of hydrogen-bond acceptors (Lipinski definition) is 3. The molecule has 2 fully saturated rings. The molecule has 7 heteroatoms. The number of amides is 1. The number of nitriles is 1. The van der Waals surface area contributed by atoms with Gasteiger partial charge in [0, 0.05) is 7.05 Å². The van der Waals surface area contributed by atoms with Crippen molar-refractivity contribution in [3.8, 4) is 6.07 Å². The highest BCUT2D eigenvalue weighted by Gasteiger charge is 2.56. The van der Waals surface area contributed by atoms with E-state index < -0.39 is 22.8 Å². The maximum atomic E-state index is 13.1. The number of carbonyl (C=O) groups is 1. The Morgan fingerprint density at radius 2 is 2.00 bits per heavy atom. The molecule has 1 heterocycles. The van der Waals surface area contributed by atoms with Crippen LogP contribution in [-0.2, 0) is 11.0 Å². The third-order valence-corrected chi connectivity index (χ3v) is 4.76. The van der Waals surface area contributed by atoms with Crippen LogP contribution in [0.2, 0.25) is 0 Å². The zero-order valence-corrected chi connectivity index (χ0v) is 12.4. The Morgan fingerprint density at radius 3 is 2.43 bits per heavy atom. The van der Waals surface area contributed by atoms with E-state index >= 15 is 0 Å². The normalized spacial score (nSPS) is 20.0. The van der Waals surface area contributed by atoms with Crippen molar-refractivity contribution in [1.29, 1.82) is 5.26 Å². The Labute approximate surface area is 131 Å². The standard InChI is InChI=1S/C16H14F3N3O/c1-10-21(2)15(6-3-7-15)14(23)22(10)12-5-4-11(9-20)13(8-12)16(17,18)19/h4-5,8H,1,3,6-7H2,2H3. The molecule has 1 aliphatic carbocycles. The molecule has 1 saturated heterocycles. The van der Waals surface area contributed by atoms with Gasteiger partial charge in [0.2, 0.25) is 0 Å². The van der Waals surface area contributed by atoms with Gasteiger partial charge in [-0.3, -0.25) is 9.69 Å². The van der Waals surface area contributed by atoms with E-state index in [4.69, 9.17) is 5.26 Å². The summed E-state index contributed by atoms with van der Waals surface area (Å²) in [5.41, 5.74) is -2.11. The average Bonchev–Trinajstić information content (AvgIpc) is 2.64. The Kier molecular flexibility index (Phi) is 3.18. The lowest BCUT2D eigenvalue weighted by molar-refractivity contribution is -0.137. The zero-order valence-electron chi connectivity index (χ0n) is 12.4. The molecule has 1 aliphatic heterocycles. The van der Waals surface area contributed by atoms with Crippen LogP contribution < -0.4 is 4.90 Å². The summed E-state index contributed by atoms with van der Waals surface area (Å²) in [4.78, 5) is 15.7. The van der Waals surface area contributed by atoms with E-state index in [1.165, 1.54) is 17.0 Å². The molecule has 0 N–H and O–H groups in total. The Morgan fingerprint density at radius 1 is 1.35 bits per heavy atom. The van der Waals surface area contributed by atoms with Gasteiger partial charge in [0.25, 0.3) is 5.91 Å². The second-order valence-electron chi connectivity index (χ2n) is 5.84. The van der Waals surface area contributed by atoms with Crippen LogP contribution in [0.15, 0.2) is 30.6 Å². The van der Waals surface area contributed by atoms with Crippen molar-refractivity contribution in [1.82, 2.24) is 4.90 Å². The molecule has 0 radical (unpaired) electrons. The number of anilines is 1. The van der Waals surface area contributed by atoms with Crippen molar-refractivity contribution in [2.75, 3.05) is 11.9 Å². The van der Waals surface area contributed by atoms with E-state index in [0.29, 0.717) is 18.7 Å². The number of likely N-dealkylation sites (N-methyl/N-ethyl adjacent to an activating group) is 1. The summed E-state index contributed by atoms with van der Waals surface area (Å²) in [6.07, 6.45) is -2.43. The molecule has 3 rings (SSSR count). The molecule has 4 nitrogen and oxygen atoms in total. The molecule has 0 bridgehead atoms. The minimum atomic E-state index is -4.66. The van der Waals surface area contributed by atoms with Gasteiger partial charge in [0.05, 0.1) is 22.9 Å². The smallest absolute Gasteiger partial charge is 0.346 e. The first-order valence-electron chi connectivity index (χ1n) is 7.11. The first kappa shape index (κ1) is 15.4. The van der Waals surface area contributed by atoms with E-state index in [-0.39, 0.29) is 11.6 Å². The minimum absolute atomic E-state index is 0.0851. The molecule has 0 aromatic heterocycles. The molecule has 1 aromatic carbocycles. The molecule has 1 amide bonds. The van der Waals surface area contributed by atoms with Gasteiger partial charge >= 0.3 is 6.18 Å². The lowest BCUT2D eigenvalue weighted by atomic mass is 9.76. The van der Waals surface area contributed by atoms with Crippen molar-refractivity contribution in [3.63, 3.8) is 0 Å². The molecule has 2 aliphatic rings. The van der Waals surface area contributed by atoms with Gasteiger partial charge in [-0.1, -0.05) is 6.58 Å². The third kappa shape index (κ3) is 2.01. The van der Waals surface area contributed by atoms with E-state index in [9.17, 15) is 18.0 Å². The number of alkyl halides is 3. The van der Waals surface area contributed by atoms with Crippen LogP contribution in [0.3, 0.4) is 0 Å². The summed E-state index contributed by atoms with van der Waals surface area (Å²) in [5.74, 6) is 0.0987. The number of rotatable bonds is 1. The molecule has 120 valence electrons. The fraction of sp³-hybridized carbons (Fsp3) is 0.375. The average molecular weight is 321 g/mol. The van der Waals surface area contributed by atoms with Crippen LogP contribution in [0.4, 0.5) is 18.9 Å². The SMILES string of the molecule is C=C1N(c2ccc(C#N)c(C(F)(F)F)c2)C(=O)C2(CCC2)N1C. The second-order valence-corrected chi connectivity index (χ2v) is 5.84.